The van der Waals surface area contributed by atoms with Crippen LogP contribution in [-0.4, -0.2) is 17.8 Å². The van der Waals surface area contributed by atoms with Gasteiger partial charge >= 0.3 is 6.09 Å². The normalized spacial score (nSPS) is 14.5. The molecule has 2 N–H and O–H groups in total. The zero-order valence-electron chi connectivity index (χ0n) is 16.9. The minimum atomic E-state index is -0.454. The molecule has 5 rings (SSSR count). The monoisotopic (exact) mass is 399 g/mol. The number of phenols is 1. The zero-order chi connectivity index (χ0) is 20.5. The van der Waals surface area contributed by atoms with Crippen LogP contribution in [0.5, 0.6) is 5.75 Å². The van der Waals surface area contributed by atoms with Gasteiger partial charge in [-0.05, 0) is 65.1 Å². The number of phenolic OH excluding ortho intramolecular Hbond substituents is 1. The van der Waals surface area contributed by atoms with E-state index in [0.29, 0.717) is 6.61 Å². The van der Waals surface area contributed by atoms with E-state index in [1.807, 2.05) is 30.3 Å². The van der Waals surface area contributed by atoms with Crippen LogP contribution in [0.1, 0.15) is 46.6 Å². The van der Waals surface area contributed by atoms with Gasteiger partial charge in [-0.15, -0.1) is 0 Å². The first-order chi connectivity index (χ1) is 14.7. The average molecular weight is 399 g/mol. The minimum absolute atomic E-state index is 0.0426. The van der Waals surface area contributed by atoms with Crippen LogP contribution in [0.2, 0.25) is 0 Å². The molecule has 1 amide bonds. The van der Waals surface area contributed by atoms with Crippen LogP contribution in [0.4, 0.5) is 4.79 Å². The summed E-state index contributed by atoms with van der Waals surface area (Å²) in [5.41, 5.74) is 8.10. The van der Waals surface area contributed by atoms with Crippen LogP contribution in [0.15, 0.2) is 60.7 Å². The standard InChI is InChI=1S/C26H25NO3/c28-25-14-13-17-7-1-2-8-18(17)23(25)15-27-26(29)30-16-24-21-11-5-3-9-19(21)20-10-4-6-12-22(20)24/h3-6,9-14,24,28H,1-2,7-8,15-16H2,(H,27,29). The Balaban J connectivity index is 1.27. The van der Waals surface area contributed by atoms with Crippen molar-refractivity contribution in [1.29, 1.82) is 0 Å². The van der Waals surface area contributed by atoms with Gasteiger partial charge in [-0.3, -0.25) is 0 Å². The SMILES string of the molecule is O=C(NCc1c(O)ccc2c1CCCC2)OCC1c2ccccc2-c2ccccc21. The Bertz CT molecular complexity index is 1060. The predicted molar refractivity (Wildman–Crippen MR) is 117 cm³/mol. The second-order valence-electron chi connectivity index (χ2n) is 8.09. The van der Waals surface area contributed by atoms with Gasteiger partial charge in [0.2, 0.25) is 0 Å². The quantitative estimate of drug-likeness (QED) is 0.625. The van der Waals surface area contributed by atoms with E-state index in [1.165, 1.54) is 39.8 Å². The highest BCUT2D eigenvalue weighted by Gasteiger charge is 2.29. The first-order valence-corrected chi connectivity index (χ1v) is 10.6. The molecule has 3 aromatic rings. The van der Waals surface area contributed by atoms with Gasteiger partial charge in [-0.1, -0.05) is 54.6 Å². The van der Waals surface area contributed by atoms with Crippen LogP contribution in [0.25, 0.3) is 11.1 Å². The predicted octanol–water partition coefficient (Wildman–Crippen LogP) is 5.31. The molecule has 0 spiro atoms. The molecule has 30 heavy (non-hydrogen) atoms. The van der Waals surface area contributed by atoms with Gasteiger partial charge in [0.1, 0.15) is 12.4 Å². The lowest BCUT2D eigenvalue weighted by atomic mass is 9.88. The molecule has 0 fully saturated rings. The highest BCUT2D eigenvalue weighted by molar-refractivity contribution is 5.79. The Hall–Kier alpha value is -3.27. The first-order valence-electron chi connectivity index (χ1n) is 10.6. The summed E-state index contributed by atoms with van der Waals surface area (Å²) in [7, 11) is 0. The van der Waals surface area contributed by atoms with Gasteiger partial charge in [-0.2, -0.15) is 0 Å². The summed E-state index contributed by atoms with van der Waals surface area (Å²) in [5, 5.41) is 13.1. The van der Waals surface area contributed by atoms with Gasteiger partial charge in [0.15, 0.2) is 0 Å². The Kier molecular flexibility index (Phi) is 4.91. The molecule has 0 saturated heterocycles. The Morgan fingerprint density at radius 1 is 0.933 bits per heavy atom. The lowest BCUT2D eigenvalue weighted by Crippen LogP contribution is -2.26. The molecule has 3 aromatic carbocycles. The van der Waals surface area contributed by atoms with Gasteiger partial charge in [-0.25, -0.2) is 4.79 Å². The maximum atomic E-state index is 12.5. The van der Waals surface area contributed by atoms with Crippen molar-refractivity contribution in [2.24, 2.45) is 0 Å². The summed E-state index contributed by atoms with van der Waals surface area (Å²) < 4.78 is 5.61. The highest BCUT2D eigenvalue weighted by atomic mass is 16.5. The molecule has 4 heteroatoms. The molecule has 0 bridgehead atoms. The number of carbonyl (C=O) groups is 1. The largest absolute Gasteiger partial charge is 0.508 e. The summed E-state index contributed by atoms with van der Waals surface area (Å²) in [6, 6.07) is 20.3. The second kappa shape index (κ2) is 7.86. The Morgan fingerprint density at radius 3 is 2.33 bits per heavy atom. The Morgan fingerprint density at radius 2 is 1.60 bits per heavy atom. The first kappa shape index (κ1) is 18.7. The molecule has 4 nitrogen and oxygen atoms in total. The van der Waals surface area contributed by atoms with Gasteiger partial charge in [0.05, 0.1) is 6.54 Å². The number of aromatic hydroxyl groups is 1. The van der Waals surface area contributed by atoms with Crippen LogP contribution in [0, 0.1) is 0 Å². The van der Waals surface area contributed by atoms with Crippen molar-refractivity contribution in [3.05, 3.63) is 88.5 Å². The summed E-state index contributed by atoms with van der Waals surface area (Å²) >= 11 is 0. The number of amides is 1. The minimum Gasteiger partial charge on any atom is -0.508 e. The molecule has 152 valence electrons. The summed E-state index contributed by atoms with van der Waals surface area (Å²) in [6.45, 7) is 0.574. The van der Waals surface area contributed by atoms with Crippen LogP contribution < -0.4 is 5.32 Å². The summed E-state index contributed by atoms with van der Waals surface area (Å²) in [5.74, 6) is 0.288. The molecule has 0 aliphatic heterocycles. The molecule has 0 heterocycles. The molecule has 0 aromatic heterocycles. The van der Waals surface area contributed by atoms with Crippen molar-refractivity contribution in [2.45, 2.75) is 38.1 Å². The number of hydrogen-bond donors (Lipinski definition) is 2. The molecule has 0 atom stereocenters. The second-order valence-corrected chi connectivity index (χ2v) is 8.09. The molecule has 2 aliphatic rings. The maximum absolute atomic E-state index is 12.5. The molecule has 0 saturated carbocycles. The van der Waals surface area contributed by atoms with Crippen molar-refractivity contribution >= 4 is 6.09 Å². The number of fused-ring (bicyclic) bond motifs is 4. The number of benzene rings is 3. The third-order valence-corrected chi connectivity index (χ3v) is 6.38. The van der Waals surface area contributed by atoms with E-state index in [1.54, 1.807) is 6.07 Å². The smallest absolute Gasteiger partial charge is 0.407 e. The number of hydrogen-bond acceptors (Lipinski definition) is 3. The van der Waals surface area contributed by atoms with E-state index in [2.05, 4.69) is 29.6 Å². The fraction of sp³-hybridized carbons (Fsp3) is 0.269. The number of alkyl carbamates (subject to hydrolysis) is 1. The molecule has 0 radical (unpaired) electrons. The highest BCUT2D eigenvalue weighted by Crippen LogP contribution is 2.44. The van der Waals surface area contributed by atoms with E-state index in [0.717, 1.165) is 24.8 Å². The third-order valence-electron chi connectivity index (χ3n) is 6.38. The van der Waals surface area contributed by atoms with E-state index in [9.17, 15) is 9.90 Å². The fourth-order valence-electron chi connectivity index (χ4n) is 4.90. The number of ether oxygens (including phenoxy) is 1. The maximum Gasteiger partial charge on any atom is 0.407 e. The van der Waals surface area contributed by atoms with E-state index in [4.69, 9.17) is 4.74 Å². The molecular formula is C26H25NO3. The zero-order valence-corrected chi connectivity index (χ0v) is 16.9. The number of carbonyl (C=O) groups excluding carboxylic acids is 1. The van der Waals surface area contributed by atoms with Crippen LogP contribution >= 0.6 is 0 Å². The third kappa shape index (κ3) is 3.32. The van der Waals surface area contributed by atoms with Gasteiger partial charge in [0, 0.05) is 11.5 Å². The van der Waals surface area contributed by atoms with Crippen molar-refractivity contribution in [3.8, 4) is 16.9 Å². The van der Waals surface area contributed by atoms with Gasteiger partial charge in [0.25, 0.3) is 0 Å². The lowest BCUT2D eigenvalue weighted by Gasteiger charge is -2.21. The number of aryl methyl sites for hydroxylation is 1. The molecular weight excluding hydrogens is 374 g/mol. The van der Waals surface area contributed by atoms with E-state index < -0.39 is 6.09 Å². The van der Waals surface area contributed by atoms with Crippen molar-refractivity contribution < 1.29 is 14.6 Å². The van der Waals surface area contributed by atoms with E-state index >= 15 is 0 Å². The average Bonchev–Trinajstić information content (AvgIpc) is 3.11. The van der Waals surface area contributed by atoms with E-state index in [-0.39, 0.29) is 18.2 Å². The molecule has 0 unspecified atom stereocenters. The van der Waals surface area contributed by atoms with Crippen molar-refractivity contribution in [3.63, 3.8) is 0 Å². The van der Waals surface area contributed by atoms with Crippen molar-refractivity contribution in [2.75, 3.05) is 6.61 Å². The van der Waals surface area contributed by atoms with Crippen LogP contribution in [0.3, 0.4) is 0 Å². The van der Waals surface area contributed by atoms with Crippen molar-refractivity contribution in [1.82, 2.24) is 5.32 Å². The van der Waals surface area contributed by atoms with Crippen LogP contribution in [-0.2, 0) is 24.1 Å². The lowest BCUT2D eigenvalue weighted by molar-refractivity contribution is 0.142. The number of nitrogens with one attached hydrogen (secondary N) is 1. The Labute approximate surface area is 176 Å². The summed E-state index contributed by atoms with van der Waals surface area (Å²) in [4.78, 5) is 12.5. The van der Waals surface area contributed by atoms with Gasteiger partial charge < -0.3 is 15.2 Å². The summed E-state index contributed by atoms with van der Waals surface area (Å²) in [6.07, 6.45) is 3.83. The topological polar surface area (TPSA) is 58.6 Å². The molecule has 2 aliphatic carbocycles. The number of rotatable bonds is 4. The fourth-order valence-corrected chi connectivity index (χ4v) is 4.90.